The van der Waals surface area contributed by atoms with Crippen LogP contribution in [-0.2, 0) is 25.4 Å². The van der Waals surface area contributed by atoms with Crippen molar-refractivity contribution in [1.82, 2.24) is 16.0 Å². The minimum absolute atomic E-state index is 0.0455. The minimum atomic E-state index is -2.02. The van der Waals surface area contributed by atoms with E-state index in [-0.39, 0.29) is 24.9 Å². The number of aliphatic hydroxyl groups is 3. The number of para-hydroxylation sites is 1. The lowest BCUT2D eigenvalue weighted by molar-refractivity contribution is -0.449. The molecule has 0 spiro atoms. The number of carbonyl (C=O) groups is 1. The van der Waals surface area contributed by atoms with Gasteiger partial charge in [0.1, 0.15) is 24.1 Å². The number of amides is 1. The number of hydrogen-bond acceptors (Lipinski definition) is 10. The van der Waals surface area contributed by atoms with Gasteiger partial charge in [-0.2, -0.15) is 0 Å². The molecule has 3 fully saturated rings. The zero-order chi connectivity index (χ0) is 24.6. The van der Waals surface area contributed by atoms with Crippen molar-refractivity contribution in [1.29, 1.82) is 0 Å². The molecule has 6 N–H and O–H groups in total. The normalized spacial score (nSPS) is 41.8. The van der Waals surface area contributed by atoms with Crippen molar-refractivity contribution in [3.8, 4) is 5.75 Å². The summed E-state index contributed by atoms with van der Waals surface area (Å²) in [5.41, 5.74) is 0.707. The second-order valence-electron chi connectivity index (χ2n) is 9.17. The Balaban J connectivity index is 1.56. The molecule has 0 aromatic heterocycles. The summed E-state index contributed by atoms with van der Waals surface area (Å²) in [5.74, 6) is -1.76. The van der Waals surface area contributed by atoms with Gasteiger partial charge < -0.3 is 50.2 Å². The molecule has 34 heavy (non-hydrogen) atoms. The van der Waals surface area contributed by atoms with E-state index in [0.717, 1.165) is 0 Å². The molecule has 0 radical (unpaired) electrons. The number of ether oxygens (including phenoxy) is 4. The molecule has 1 aromatic carbocycles. The zero-order valence-electron chi connectivity index (χ0n) is 19.8. The van der Waals surface area contributed by atoms with E-state index in [9.17, 15) is 20.1 Å². The molecular weight excluding hydrogens is 446 g/mol. The Bertz CT molecular complexity index is 874. The van der Waals surface area contributed by atoms with Gasteiger partial charge >= 0.3 is 0 Å². The van der Waals surface area contributed by atoms with Crippen molar-refractivity contribution in [3.63, 3.8) is 0 Å². The fraction of sp³-hybridized carbons (Fsp3) is 0.696. The molecule has 3 unspecified atom stereocenters. The van der Waals surface area contributed by atoms with Crippen LogP contribution in [-0.4, -0.2) is 103 Å². The lowest BCUT2D eigenvalue weighted by Gasteiger charge is -2.58. The Kier molecular flexibility index (Phi) is 7.46. The van der Waals surface area contributed by atoms with Crippen LogP contribution in [0.2, 0.25) is 0 Å². The highest BCUT2D eigenvalue weighted by Crippen LogP contribution is 2.42. The van der Waals surface area contributed by atoms with Crippen molar-refractivity contribution in [2.75, 3.05) is 21.2 Å². The lowest BCUT2D eigenvalue weighted by atomic mass is 9.79. The number of benzene rings is 1. The van der Waals surface area contributed by atoms with Crippen LogP contribution in [0.5, 0.6) is 5.75 Å². The van der Waals surface area contributed by atoms with E-state index in [1.165, 1.54) is 7.11 Å². The minimum Gasteiger partial charge on any atom is -0.496 e. The number of nitrogens with one attached hydrogen (secondary N) is 3. The number of rotatable bonds is 6. The lowest BCUT2D eigenvalue weighted by Crippen LogP contribution is -2.79. The summed E-state index contributed by atoms with van der Waals surface area (Å²) in [6.45, 7) is 1.81. The first kappa shape index (κ1) is 25.3. The maximum Gasteiger partial charge on any atom is 0.239 e. The monoisotopic (exact) mass is 481 g/mol. The molecule has 0 bridgehead atoms. The van der Waals surface area contributed by atoms with Gasteiger partial charge in [0.25, 0.3) is 0 Å². The average Bonchev–Trinajstić information content (AvgIpc) is 2.80. The molecule has 10 atom stereocenters. The smallest absolute Gasteiger partial charge is 0.239 e. The Morgan fingerprint density at radius 3 is 2.50 bits per heavy atom. The molecule has 3 aliphatic rings. The van der Waals surface area contributed by atoms with Gasteiger partial charge in [-0.3, -0.25) is 4.79 Å². The van der Waals surface area contributed by atoms with Crippen molar-refractivity contribution >= 4 is 5.91 Å². The molecule has 2 aliphatic heterocycles. The second-order valence-corrected chi connectivity index (χ2v) is 9.17. The Morgan fingerprint density at radius 1 is 1.12 bits per heavy atom. The van der Waals surface area contributed by atoms with Crippen LogP contribution in [0.3, 0.4) is 0 Å². The first-order valence-electron chi connectivity index (χ1n) is 11.6. The molecule has 1 amide bonds. The van der Waals surface area contributed by atoms with Crippen LogP contribution in [0.1, 0.15) is 18.9 Å². The van der Waals surface area contributed by atoms with Gasteiger partial charge in [0.15, 0.2) is 0 Å². The van der Waals surface area contributed by atoms with E-state index in [4.69, 9.17) is 18.9 Å². The van der Waals surface area contributed by atoms with Crippen molar-refractivity contribution in [3.05, 3.63) is 29.8 Å². The van der Waals surface area contributed by atoms with E-state index in [0.29, 0.717) is 11.3 Å². The van der Waals surface area contributed by atoms with Crippen molar-refractivity contribution in [2.24, 2.45) is 0 Å². The third kappa shape index (κ3) is 4.42. The number of likely N-dealkylation sites (N-methyl/N-ethyl adjacent to an activating group) is 2. The summed E-state index contributed by atoms with van der Waals surface area (Å²) in [6.07, 6.45) is -5.17. The van der Waals surface area contributed by atoms with Crippen LogP contribution in [0.4, 0.5) is 0 Å². The molecule has 1 aromatic rings. The van der Waals surface area contributed by atoms with Crippen LogP contribution < -0.4 is 20.7 Å². The van der Waals surface area contributed by atoms with Gasteiger partial charge in [-0.15, -0.1) is 0 Å². The Morgan fingerprint density at radius 2 is 1.82 bits per heavy atom. The number of fused-ring (bicyclic) bond motifs is 2. The Labute approximate surface area is 198 Å². The average molecular weight is 482 g/mol. The molecule has 2 heterocycles. The predicted octanol–water partition coefficient (Wildman–Crippen LogP) is -1.76. The molecule has 11 nitrogen and oxygen atoms in total. The fourth-order valence-electron chi connectivity index (χ4n) is 5.28. The largest absolute Gasteiger partial charge is 0.496 e. The first-order valence-corrected chi connectivity index (χ1v) is 11.6. The van der Waals surface area contributed by atoms with E-state index < -0.39 is 54.6 Å². The van der Waals surface area contributed by atoms with E-state index in [2.05, 4.69) is 16.0 Å². The maximum atomic E-state index is 12.9. The van der Waals surface area contributed by atoms with E-state index in [1.807, 2.05) is 19.1 Å². The third-order valence-electron chi connectivity index (χ3n) is 7.03. The van der Waals surface area contributed by atoms with Crippen LogP contribution in [0.15, 0.2) is 24.3 Å². The summed E-state index contributed by atoms with van der Waals surface area (Å²) in [7, 11) is 4.83. The third-order valence-corrected chi connectivity index (χ3v) is 7.03. The maximum absolute atomic E-state index is 12.9. The predicted molar refractivity (Wildman–Crippen MR) is 120 cm³/mol. The van der Waals surface area contributed by atoms with Gasteiger partial charge in [0.2, 0.25) is 18.0 Å². The number of aliphatic hydroxyl groups excluding tert-OH is 2. The quantitative estimate of drug-likeness (QED) is 0.276. The van der Waals surface area contributed by atoms with E-state index >= 15 is 0 Å². The summed E-state index contributed by atoms with van der Waals surface area (Å²) in [5, 5.41) is 42.0. The van der Waals surface area contributed by atoms with E-state index in [1.54, 1.807) is 26.2 Å². The Hall–Kier alpha value is -1.83. The molecule has 11 heteroatoms. The van der Waals surface area contributed by atoms with Gasteiger partial charge in [-0.25, -0.2) is 0 Å². The van der Waals surface area contributed by atoms with Gasteiger partial charge in [0.05, 0.1) is 43.9 Å². The standard InChI is InChI=1S/C23H35N3O8/c1-11-9-14(26-15(27)10-12-7-5-6-8-13(12)31-4)23(30)22(32-11)33-21-19(29)16(24-2)18(28)17(25-3)20(21)34-23/h5-8,11,14,16-22,24-25,28-30H,9-10H2,1-4H3,(H,26,27)/t11-,14-,16-,17+,18+,19+,20?,21?,22?,23+/m1/s1. The summed E-state index contributed by atoms with van der Waals surface area (Å²) in [6, 6.07) is 5.04. The number of hydrogen-bond donors (Lipinski definition) is 6. The van der Waals surface area contributed by atoms with Crippen molar-refractivity contribution < 1.29 is 39.1 Å². The molecular formula is C23H35N3O8. The summed E-state index contributed by atoms with van der Waals surface area (Å²) >= 11 is 0. The molecule has 190 valence electrons. The fourth-order valence-corrected chi connectivity index (χ4v) is 5.28. The number of methoxy groups -OCH3 is 1. The second kappa shape index (κ2) is 10.0. The SMILES string of the molecule is CN[C@@H]1[C@H](O)[C@H](NC)C2O[C@]3(O)C(OC2[C@H]1O)O[C@H](C)C[C@H]3NC(=O)Cc1ccccc1OC. The van der Waals surface area contributed by atoms with Gasteiger partial charge in [-0.1, -0.05) is 18.2 Å². The highest BCUT2D eigenvalue weighted by molar-refractivity contribution is 5.79. The van der Waals surface area contributed by atoms with Gasteiger partial charge in [-0.05, 0) is 33.5 Å². The zero-order valence-corrected chi connectivity index (χ0v) is 19.8. The van der Waals surface area contributed by atoms with Crippen LogP contribution in [0.25, 0.3) is 0 Å². The van der Waals surface area contributed by atoms with Crippen LogP contribution in [0, 0.1) is 0 Å². The highest BCUT2D eigenvalue weighted by atomic mass is 16.8. The molecule has 2 saturated heterocycles. The van der Waals surface area contributed by atoms with Crippen LogP contribution >= 0.6 is 0 Å². The molecule has 1 saturated carbocycles. The van der Waals surface area contributed by atoms with Gasteiger partial charge in [0, 0.05) is 5.56 Å². The highest BCUT2D eigenvalue weighted by Gasteiger charge is 2.63. The summed E-state index contributed by atoms with van der Waals surface area (Å²) in [4.78, 5) is 12.9. The first-order chi connectivity index (χ1) is 16.2. The number of carbonyl (C=O) groups excluding carboxylic acids is 1. The molecule has 1 aliphatic carbocycles. The van der Waals surface area contributed by atoms with Crippen molar-refractivity contribution in [2.45, 2.75) is 80.5 Å². The molecule has 4 rings (SSSR count). The topological polar surface area (TPSA) is 151 Å². The summed E-state index contributed by atoms with van der Waals surface area (Å²) < 4.78 is 23.3.